The first-order valence-corrected chi connectivity index (χ1v) is 5.15. The van der Waals surface area contributed by atoms with Crippen LogP contribution in [0.2, 0.25) is 0 Å². The lowest BCUT2D eigenvalue weighted by Gasteiger charge is -2.16. The molecular formula is C11H17FN2O2. The Labute approximate surface area is 94.5 Å². The number of aliphatic hydroxyl groups is 1. The SMILES string of the molecule is COCC(O)CNC(C)c1ccc(F)cn1. The molecule has 0 spiro atoms. The maximum Gasteiger partial charge on any atom is 0.141 e. The van der Waals surface area contributed by atoms with Gasteiger partial charge in [0.15, 0.2) is 0 Å². The van der Waals surface area contributed by atoms with Crippen LogP contribution in [0.15, 0.2) is 18.3 Å². The molecule has 1 aromatic rings. The minimum Gasteiger partial charge on any atom is -0.389 e. The third kappa shape index (κ3) is 4.22. The van der Waals surface area contributed by atoms with Gasteiger partial charge in [0.05, 0.1) is 24.6 Å². The van der Waals surface area contributed by atoms with Crippen molar-refractivity contribution < 1.29 is 14.2 Å². The number of methoxy groups -OCH3 is 1. The zero-order valence-electron chi connectivity index (χ0n) is 9.48. The van der Waals surface area contributed by atoms with Crippen LogP contribution in [0.1, 0.15) is 18.7 Å². The first-order valence-electron chi connectivity index (χ1n) is 5.15. The maximum absolute atomic E-state index is 12.6. The molecule has 0 aromatic carbocycles. The highest BCUT2D eigenvalue weighted by atomic mass is 19.1. The summed E-state index contributed by atoms with van der Waals surface area (Å²) in [6.45, 7) is 2.60. The van der Waals surface area contributed by atoms with E-state index in [2.05, 4.69) is 10.3 Å². The number of aromatic nitrogens is 1. The molecule has 2 unspecified atom stereocenters. The van der Waals surface area contributed by atoms with Crippen molar-refractivity contribution in [3.63, 3.8) is 0 Å². The van der Waals surface area contributed by atoms with Gasteiger partial charge in [0.1, 0.15) is 5.82 Å². The average molecular weight is 228 g/mol. The molecule has 2 atom stereocenters. The van der Waals surface area contributed by atoms with Gasteiger partial charge in [-0.3, -0.25) is 4.98 Å². The van der Waals surface area contributed by atoms with Crippen molar-refractivity contribution in [1.29, 1.82) is 0 Å². The van der Waals surface area contributed by atoms with E-state index in [9.17, 15) is 9.50 Å². The molecule has 0 saturated heterocycles. The lowest BCUT2D eigenvalue weighted by atomic mass is 10.2. The molecule has 0 aliphatic rings. The lowest BCUT2D eigenvalue weighted by molar-refractivity contribution is 0.0630. The summed E-state index contributed by atoms with van der Waals surface area (Å²) in [5, 5.41) is 12.5. The summed E-state index contributed by atoms with van der Waals surface area (Å²) in [6.07, 6.45) is 0.631. The van der Waals surface area contributed by atoms with Crippen LogP contribution < -0.4 is 5.32 Å². The third-order valence-corrected chi connectivity index (χ3v) is 2.21. The predicted molar refractivity (Wildman–Crippen MR) is 58.5 cm³/mol. The average Bonchev–Trinajstić information content (AvgIpc) is 2.27. The van der Waals surface area contributed by atoms with Gasteiger partial charge in [-0.25, -0.2) is 4.39 Å². The molecule has 0 aliphatic heterocycles. The van der Waals surface area contributed by atoms with Gasteiger partial charge in [-0.15, -0.1) is 0 Å². The standard InChI is InChI=1S/C11H17FN2O2/c1-8(13-6-10(15)7-16-2)11-4-3-9(12)5-14-11/h3-5,8,10,13,15H,6-7H2,1-2H3. The molecule has 1 aromatic heterocycles. The predicted octanol–water partition coefficient (Wildman–Crippen LogP) is 0.879. The van der Waals surface area contributed by atoms with Crippen LogP contribution in [0.4, 0.5) is 4.39 Å². The molecule has 4 nitrogen and oxygen atoms in total. The maximum atomic E-state index is 12.6. The van der Waals surface area contributed by atoms with Gasteiger partial charge < -0.3 is 15.2 Å². The number of pyridine rings is 1. The topological polar surface area (TPSA) is 54.4 Å². The quantitative estimate of drug-likeness (QED) is 0.759. The molecule has 1 heterocycles. The van der Waals surface area contributed by atoms with Crippen molar-refractivity contribution in [3.8, 4) is 0 Å². The second-order valence-corrected chi connectivity index (χ2v) is 3.64. The molecule has 5 heteroatoms. The van der Waals surface area contributed by atoms with Crippen LogP contribution in [-0.2, 0) is 4.74 Å². The zero-order chi connectivity index (χ0) is 12.0. The Morgan fingerprint density at radius 2 is 2.31 bits per heavy atom. The van der Waals surface area contributed by atoms with E-state index in [0.29, 0.717) is 6.54 Å². The number of nitrogens with one attached hydrogen (secondary N) is 1. The highest BCUT2D eigenvalue weighted by molar-refractivity contribution is 5.08. The number of rotatable bonds is 6. The first-order chi connectivity index (χ1) is 7.63. The summed E-state index contributed by atoms with van der Waals surface area (Å²) in [5.74, 6) is -0.352. The number of halogens is 1. The number of hydrogen-bond donors (Lipinski definition) is 2. The molecule has 0 aliphatic carbocycles. The highest BCUT2D eigenvalue weighted by Crippen LogP contribution is 2.08. The summed E-state index contributed by atoms with van der Waals surface area (Å²) in [5.41, 5.74) is 0.742. The highest BCUT2D eigenvalue weighted by Gasteiger charge is 2.09. The fourth-order valence-corrected chi connectivity index (χ4v) is 1.31. The zero-order valence-corrected chi connectivity index (χ0v) is 9.48. The normalized spacial score (nSPS) is 14.8. The van der Waals surface area contributed by atoms with E-state index in [1.165, 1.54) is 19.4 Å². The summed E-state index contributed by atoms with van der Waals surface area (Å²) in [4.78, 5) is 3.95. The Hall–Kier alpha value is -1.04. The van der Waals surface area contributed by atoms with E-state index in [-0.39, 0.29) is 18.5 Å². The molecule has 90 valence electrons. The molecule has 0 bridgehead atoms. The molecule has 1 rings (SSSR count). The smallest absolute Gasteiger partial charge is 0.141 e. The molecule has 0 saturated carbocycles. The largest absolute Gasteiger partial charge is 0.389 e. The van der Waals surface area contributed by atoms with Gasteiger partial charge in [0, 0.05) is 19.7 Å². The van der Waals surface area contributed by atoms with Crippen LogP contribution >= 0.6 is 0 Å². The van der Waals surface area contributed by atoms with E-state index in [0.717, 1.165) is 5.69 Å². The van der Waals surface area contributed by atoms with Crippen LogP contribution in [0.25, 0.3) is 0 Å². The van der Waals surface area contributed by atoms with E-state index < -0.39 is 6.10 Å². The van der Waals surface area contributed by atoms with Crippen molar-refractivity contribution in [2.24, 2.45) is 0 Å². The van der Waals surface area contributed by atoms with Crippen molar-refractivity contribution in [1.82, 2.24) is 10.3 Å². The van der Waals surface area contributed by atoms with Crippen molar-refractivity contribution >= 4 is 0 Å². The Morgan fingerprint density at radius 1 is 1.56 bits per heavy atom. The molecule has 2 N–H and O–H groups in total. The Balaban J connectivity index is 2.40. The minimum atomic E-state index is -0.548. The van der Waals surface area contributed by atoms with Crippen LogP contribution in [0.3, 0.4) is 0 Å². The molecule has 16 heavy (non-hydrogen) atoms. The van der Waals surface area contributed by atoms with Gasteiger partial charge in [-0.2, -0.15) is 0 Å². The van der Waals surface area contributed by atoms with Crippen molar-refractivity contribution in [3.05, 3.63) is 29.8 Å². The van der Waals surface area contributed by atoms with Crippen LogP contribution in [0, 0.1) is 5.82 Å². The Bertz CT molecular complexity index is 305. The second-order valence-electron chi connectivity index (χ2n) is 3.64. The van der Waals surface area contributed by atoms with E-state index in [1.54, 1.807) is 6.07 Å². The molecule has 0 amide bonds. The number of nitrogens with zero attached hydrogens (tertiary/aromatic N) is 1. The minimum absolute atomic E-state index is 0.0351. The van der Waals surface area contributed by atoms with Gasteiger partial charge >= 0.3 is 0 Å². The van der Waals surface area contributed by atoms with Gasteiger partial charge in [0.2, 0.25) is 0 Å². The third-order valence-electron chi connectivity index (χ3n) is 2.21. The number of ether oxygens (including phenoxy) is 1. The fourth-order valence-electron chi connectivity index (χ4n) is 1.31. The van der Waals surface area contributed by atoms with Crippen LogP contribution in [-0.4, -0.2) is 36.5 Å². The summed E-state index contributed by atoms with van der Waals surface area (Å²) >= 11 is 0. The fraction of sp³-hybridized carbons (Fsp3) is 0.545. The Morgan fingerprint density at radius 3 is 2.88 bits per heavy atom. The first kappa shape index (κ1) is 13.0. The van der Waals surface area contributed by atoms with Gasteiger partial charge in [-0.1, -0.05) is 0 Å². The number of hydrogen-bond acceptors (Lipinski definition) is 4. The summed E-state index contributed by atoms with van der Waals surface area (Å²) in [7, 11) is 1.54. The summed E-state index contributed by atoms with van der Waals surface area (Å²) in [6, 6.07) is 2.95. The Kier molecular flexibility index (Phi) is 5.31. The van der Waals surface area contributed by atoms with Crippen molar-refractivity contribution in [2.45, 2.75) is 19.1 Å². The van der Waals surface area contributed by atoms with E-state index in [1.807, 2.05) is 6.92 Å². The van der Waals surface area contributed by atoms with Crippen molar-refractivity contribution in [2.75, 3.05) is 20.3 Å². The molecule has 0 radical (unpaired) electrons. The monoisotopic (exact) mass is 228 g/mol. The second kappa shape index (κ2) is 6.52. The van der Waals surface area contributed by atoms with Gasteiger partial charge in [0.25, 0.3) is 0 Å². The van der Waals surface area contributed by atoms with E-state index >= 15 is 0 Å². The summed E-state index contributed by atoms with van der Waals surface area (Å²) < 4.78 is 17.4. The lowest BCUT2D eigenvalue weighted by Crippen LogP contribution is -2.32. The molecule has 0 fully saturated rings. The number of aliphatic hydroxyl groups excluding tert-OH is 1. The van der Waals surface area contributed by atoms with Crippen LogP contribution in [0.5, 0.6) is 0 Å². The molecular weight excluding hydrogens is 211 g/mol. The van der Waals surface area contributed by atoms with E-state index in [4.69, 9.17) is 4.74 Å². The van der Waals surface area contributed by atoms with Gasteiger partial charge in [-0.05, 0) is 19.1 Å².